The van der Waals surface area contributed by atoms with E-state index in [-0.39, 0.29) is 5.56 Å². The molecule has 0 unspecified atom stereocenters. The normalized spacial score (nSPS) is 10.9. The Morgan fingerprint density at radius 3 is 2.58 bits per heavy atom. The number of carbonyl (C=O) groups is 2. The molecule has 120 valence electrons. The molecule has 0 radical (unpaired) electrons. The van der Waals surface area contributed by atoms with E-state index in [1.807, 2.05) is 12.1 Å². The maximum absolute atomic E-state index is 11.9. The van der Waals surface area contributed by atoms with Crippen molar-refractivity contribution in [2.75, 3.05) is 0 Å². The summed E-state index contributed by atoms with van der Waals surface area (Å²) in [6, 6.07) is 13.8. The molecule has 1 heterocycles. The van der Waals surface area contributed by atoms with Crippen LogP contribution in [0.2, 0.25) is 5.02 Å². The summed E-state index contributed by atoms with van der Waals surface area (Å²) in [6.45, 7) is 0. The number of halogens is 1. The molecule has 6 nitrogen and oxygen atoms in total. The number of amides is 2. The molecule has 0 saturated carbocycles. The highest BCUT2D eigenvalue weighted by Crippen LogP contribution is 2.15. The standard InChI is InChI=1S/C17H12ClN3O3/c18-12-6-2-1-5-11(12)17(23)21-20-15(22)9-10-16-19-13-7-3-4-8-14(13)24-16/h1-10H,(H,20,22)(H,21,23)/b10-9+. The van der Waals surface area contributed by atoms with Crippen LogP contribution in [0, 0.1) is 0 Å². The van der Waals surface area contributed by atoms with Gasteiger partial charge >= 0.3 is 0 Å². The Bertz CT molecular complexity index is 900. The molecule has 0 fully saturated rings. The molecule has 3 aromatic rings. The Hall–Kier alpha value is -3.12. The van der Waals surface area contributed by atoms with E-state index in [1.165, 1.54) is 12.2 Å². The topological polar surface area (TPSA) is 84.2 Å². The number of nitrogens with one attached hydrogen (secondary N) is 2. The maximum Gasteiger partial charge on any atom is 0.271 e. The molecule has 24 heavy (non-hydrogen) atoms. The lowest BCUT2D eigenvalue weighted by atomic mass is 10.2. The zero-order chi connectivity index (χ0) is 16.9. The fraction of sp³-hybridized carbons (Fsp3) is 0. The Kier molecular flexibility index (Phi) is 4.58. The fourth-order valence-corrected chi connectivity index (χ4v) is 2.20. The summed E-state index contributed by atoms with van der Waals surface area (Å²) in [5.74, 6) is -0.745. The van der Waals surface area contributed by atoms with E-state index in [9.17, 15) is 9.59 Å². The molecule has 2 N–H and O–H groups in total. The summed E-state index contributed by atoms with van der Waals surface area (Å²) in [5, 5.41) is 0.297. The predicted molar refractivity (Wildman–Crippen MR) is 90.1 cm³/mol. The lowest BCUT2D eigenvalue weighted by Crippen LogP contribution is -2.40. The van der Waals surface area contributed by atoms with Crippen LogP contribution in [0.3, 0.4) is 0 Å². The highest BCUT2D eigenvalue weighted by Gasteiger charge is 2.09. The van der Waals surface area contributed by atoms with Crippen LogP contribution >= 0.6 is 11.6 Å². The van der Waals surface area contributed by atoms with Crippen molar-refractivity contribution in [3.05, 3.63) is 71.1 Å². The Balaban J connectivity index is 1.59. The number of para-hydroxylation sites is 2. The highest BCUT2D eigenvalue weighted by atomic mass is 35.5. The van der Waals surface area contributed by atoms with Crippen molar-refractivity contribution in [3.8, 4) is 0 Å². The molecule has 7 heteroatoms. The minimum atomic E-state index is -0.530. The Morgan fingerprint density at radius 2 is 1.79 bits per heavy atom. The van der Waals surface area contributed by atoms with Crippen LogP contribution in [0.15, 0.2) is 59.0 Å². The zero-order valence-electron chi connectivity index (χ0n) is 12.3. The zero-order valence-corrected chi connectivity index (χ0v) is 13.1. The number of carbonyl (C=O) groups excluding carboxylic acids is 2. The first-order valence-electron chi connectivity index (χ1n) is 7.02. The van der Waals surface area contributed by atoms with Crippen LogP contribution in [0.25, 0.3) is 17.2 Å². The molecule has 0 aliphatic carbocycles. The SMILES string of the molecule is O=C(/C=C/c1nc2ccccc2o1)NNC(=O)c1ccccc1Cl. The fourth-order valence-electron chi connectivity index (χ4n) is 1.98. The molecule has 3 rings (SSSR count). The van der Waals surface area contributed by atoms with E-state index >= 15 is 0 Å². The molecule has 0 aliphatic heterocycles. The number of hydrazine groups is 1. The van der Waals surface area contributed by atoms with Crippen LogP contribution in [0.4, 0.5) is 0 Å². The van der Waals surface area contributed by atoms with E-state index in [4.69, 9.17) is 16.0 Å². The number of hydrogen-bond donors (Lipinski definition) is 2. The predicted octanol–water partition coefficient (Wildman–Crippen LogP) is 2.96. The number of oxazole rings is 1. The first-order valence-corrected chi connectivity index (χ1v) is 7.40. The monoisotopic (exact) mass is 341 g/mol. The van der Waals surface area contributed by atoms with Crippen LogP contribution in [0.1, 0.15) is 16.2 Å². The van der Waals surface area contributed by atoms with Gasteiger partial charge in [-0.05, 0) is 24.3 Å². The van der Waals surface area contributed by atoms with Gasteiger partial charge in [0.1, 0.15) is 5.52 Å². The molecule has 2 aromatic carbocycles. The van der Waals surface area contributed by atoms with Gasteiger partial charge in [0, 0.05) is 12.2 Å². The van der Waals surface area contributed by atoms with E-state index in [1.54, 1.807) is 36.4 Å². The third kappa shape index (κ3) is 3.61. The smallest absolute Gasteiger partial charge is 0.271 e. The third-order valence-electron chi connectivity index (χ3n) is 3.11. The average Bonchev–Trinajstić information content (AvgIpc) is 3.01. The number of nitrogens with zero attached hydrogens (tertiary/aromatic N) is 1. The molecule has 0 atom stereocenters. The molecule has 0 saturated heterocycles. The summed E-state index contributed by atoms with van der Waals surface area (Å²) < 4.78 is 5.45. The van der Waals surface area contributed by atoms with Crippen molar-refractivity contribution < 1.29 is 14.0 Å². The lowest BCUT2D eigenvalue weighted by molar-refractivity contribution is -0.117. The lowest BCUT2D eigenvalue weighted by Gasteiger charge is -2.06. The van der Waals surface area contributed by atoms with Gasteiger partial charge in [-0.3, -0.25) is 20.4 Å². The Morgan fingerprint density at radius 1 is 1.04 bits per heavy atom. The quantitative estimate of drug-likeness (QED) is 0.566. The molecule has 0 spiro atoms. The molecule has 1 aromatic heterocycles. The molecule has 0 bridgehead atoms. The molecule has 0 aliphatic rings. The van der Waals surface area contributed by atoms with Gasteiger partial charge in [-0.2, -0.15) is 0 Å². The summed E-state index contributed by atoms with van der Waals surface area (Å²) in [4.78, 5) is 27.8. The van der Waals surface area contributed by atoms with E-state index in [0.717, 1.165) is 0 Å². The van der Waals surface area contributed by atoms with E-state index < -0.39 is 11.8 Å². The summed E-state index contributed by atoms with van der Waals surface area (Å²) in [6.07, 6.45) is 2.62. The number of rotatable bonds is 3. The van der Waals surface area contributed by atoms with E-state index in [2.05, 4.69) is 15.8 Å². The summed E-state index contributed by atoms with van der Waals surface area (Å²) in [7, 11) is 0. The third-order valence-corrected chi connectivity index (χ3v) is 3.44. The van der Waals surface area contributed by atoms with Gasteiger partial charge in [0.25, 0.3) is 11.8 Å². The van der Waals surface area contributed by atoms with Crippen LogP contribution in [-0.2, 0) is 4.79 Å². The van der Waals surface area contributed by atoms with E-state index in [0.29, 0.717) is 22.0 Å². The van der Waals surface area contributed by atoms with Gasteiger partial charge in [-0.25, -0.2) is 4.98 Å². The average molecular weight is 342 g/mol. The van der Waals surface area contributed by atoms with Gasteiger partial charge in [0.15, 0.2) is 5.58 Å². The second-order valence-electron chi connectivity index (χ2n) is 4.78. The van der Waals surface area contributed by atoms with Crippen LogP contribution < -0.4 is 10.9 Å². The first kappa shape index (κ1) is 15.8. The van der Waals surface area contributed by atoms with Crippen molar-refractivity contribution in [2.24, 2.45) is 0 Å². The first-order chi connectivity index (χ1) is 11.6. The number of hydrogen-bond acceptors (Lipinski definition) is 4. The number of fused-ring (bicyclic) bond motifs is 1. The minimum absolute atomic E-state index is 0.266. The minimum Gasteiger partial charge on any atom is -0.437 e. The van der Waals surface area contributed by atoms with Crippen molar-refractivity contribution in [1.29, 1.82) is 0 Å². The van der Waals surface area contributed by atoms with Gasteiger partial charge in [0.05, 0.1) is 10.6 Å². The number of benzene rings is 2. The largest absolute Gasteiger partial charge is 0.437 e. The van der Waals surface area contributed by atoms with Gasteiger partial charge in [-0.1, -0.05) is 35.9 Å². The highest BCUT2D eigenvalue weighted by molar-refractivity contribution is 6.33. The van der Waals surface area contributed by atoms with Crippen LogP contribution in [-0.4, -0.2) is 16.8 Å². The van der Waals surface area contributed by atoms with Crippen molar-refractivity contribution >= 4 is 40.6 Å². The Labute approximate surface area is 142 Å². The van der Waals surface area contributed by atoms with Gasteiger partial charge in [-0.15, -0.1) is 0 Å². The second kappa shape index (κ2) is 6.97. The van der Waals surface area contributed by atoms with Crippen molar-refractivity contribution in [1.82, 2.24) is 15.8 Å². The maximum atomic E-state index is 11.9. The second-order valence-corrected chi connectivity index (χ2v) is 5.18. The summed E-state index contributed by atoms with van der Waals surface area (Å²) >= 11 is 5.91. The number of aromatic nitrogens is 1. The van der Waals surface area contributed by atoms with Gasteiger partial charge < -0.3 is 4.42 Å². The van der Waals surface area contributed by atoms with Gasteiger partial charge in [0.2, 0.25) is 5.89 Å². The molecule has 2 amide bonds. The molecular weight excluding hydrogens is 330 g/mol. The molecular formula is C17H12ClN3O3. The van der Waals surface area contributed by atoms with Crippen molar-refractivity contribution in [2.45, 2.75) is 0 Å². The van der Waals surface area contributed by atoms with Crippen molar-refractivity contribution in [3.63, 3.8) is 0 Å². The van der Waals surface area contributed by atoms with Crippen LogP contribution in [0.5, 0.6) is 0 Å². The summed E-state index contributed by atoms with van der Waals surface area (Å²) in [5.41, 5.74) is 6.13.